The second kappa shape index (κ2) is 20.2. The number of hydrogen-bond donors (Lipinski definition) is 3. The van der Waals surface area contributed by atoms with Crippen molar-refractivity contribution in [2.24, 2.45) is 10.8 Å². The molecule has 12 heteroatoms. The van der Waals surface area contributed by atoms with Crippen molar-refractivity contribution in [3.05, 3.63) is 108 Å². The van der Waals surface area contributed by atoms with Crippen molar-refractivity contribution in [2.45, 2.75) is 71.2 Å². The van der Waals surface area contributed by atoms with Crippen LogP contribution in [0.1, 0.15) is 75.4 Å². The van der Waals surface area contributed by atoms with E-state index in [1.54, 1.807) is 30.3 Å². The Labute approximate surface area is 353 Å². The van der Waals surface area contributed by atoms with Gasteiger partial charge in [0.05, 0.1) is 10.3 Å². The van der Waals surface area contributed by atoms with Crippen LogP contribution in [0.4, 0.5) is 11.4 Å². The van der Waals surface area contributed by atoms with Gasteiger partial charge in [-0.3, -0.25) is 14.5 Å². The Morgan fingerprint density at radius 3 is 2.03 bits per heavy atom. The van der Waals surface area contributed by atoms with Crippen molar-refractivity contribution < 1.29 is 23.1 Å². The number of anilines is 2. The standard InChI is InChI=1S/C47H66N6O5S/c1-8-38-34-42(59(57,58)49-44(54)39-15-18-41(19-16-39)53-32-30-52(31-33-53)35-36(2)3)20-21-43(38)48-40(17-14-37-12-10-9-11-13-37)22-24-50-26-28-51(29-27-50)25-23-46(4,5)47(6,7)45(55)56/h8-13,15-16,18-21,34,40,48H,1-2,14,17,22-33,35H2,3-7H3,(H,49,54)(H,55,56). The third kappa shape index (κ3) is 12.5. The molecule has 5 rings (SSSR count). The summed E-state index contributed by atoms with van der Waals surface area (Å²) in [5, 5.41) is 13.5. The van der Waals surface area contributed by atoms with Crippen LogP contribution >= 0.6 is 0 Å². The van der Waals surface area contributed by atoms with Gasteiger partial charge >= 0.3 is 5.97 Å². The van der Waals surface area contributed by atoms with Crippen LogP contribution in [0.15, 0.2) is 96.4 Å². The van der Waals surface area contributed by atoms with E-state index in [1.165, 1.54) is 11.6 Å². The highest BCUT2D eigenvalue weighted by Crippen LogP contribution is 2.41. The van der Waals surface area contributed by atoms with Gasteiger partial charge in [-0.25, -0.2) is 13.1 Å². The molecule has 3 N–H and O–H groups in total. The highest BCUT2D eigenvalue weighted by atomic mass is 32.2. The highest BCUT2D eigenvalue weighted by molar-refractivity contribution is 7.90. The van der Waals surface area contributed by atoms with Gasteiger partial charge in [0.15, 0.2) is 0 Å². The molecule has 3 aromatic carbocycles. The van der Waals surface area contributed by atoms with Gasteiger partial charge < -0.3 is 25.1 Å². The van der Waals surface area contributed by atoms with E-state index in [4.69, 9.17) is 0 Å². The molecule has 0 radical (unpaired) electrons. The molecule has 320 valence electrons. The number of carbonyl (C=O) groups is 2. The molecule has 11 nitrogen and oxygen atoms in total. The van der Waals surface area contributed by atoms with Gasteiger partial charge in [-0.2, -0.15) is 0 Å². The van der Waals surface area contributed by atoms with E-state index in [0.717, 1.165) is 115 Å². The second-order valence-corrected chi connectivity index (χ2v) is 19.2. The number of carboxylic acid groups (broad SMARTS) is 1. The molecular weight excluding hydrogens is 761 g/mol. The summed E-state index contributed by atoms with van der Waals surface area (Å²) in [6, 6.07) is 22.5. The summed E-state index contributed by atoms with van der Waals surface area (Å²) in [7, 11) is -4.17. The number of piperazine rings is 2. The molecular formula is C47H66N6O5S. The maximum absolute atomic E-state index is 13.5. The van der Waals surface area contributed by atoms with Crippen LogP contribution in [0.2, 0.25) is 0 Å². The predicted octanol–water partition coefficient (Wildman–Crippen LogP) is 7.09. The third-order valence-corrected chi connectivity index (χ3v) is 14.0. The third-order valence-electron chi connectivity index (χ3n) is 12.7. The van der Waals surface area contributed by atoms with Gasteiger partial charge in [-0.15, -0.1) is 0 Å². The lowest BCUT2D eigenvalue weighted by atomic mass is 9.66. The summed E-state index contributed by atoms with van der Waals surface area (Å²) in [6.45, 7) is 27.8. The van der Waals surface area contributed by atoms with E-state index in [9.17, 15) is 23.1 Å². The van der Waals surface area contributed by atoms with Crippen molar-refractivity contribution in [2.75, 3.05) is 82.2 Å². The number of sulfonamides is 1. The molecule has 2 fully saturated rings. The Morgan fingerprint density at radius 1 is 0.831 bits per heavy atom. The van der Waals surface area contributed by atoms with Crippen LogP contribution in [0.5, 0.6) is 0 Å². The maximum Gasteiger partial charge on any atom is 0.309 e. The first-order valence-electron chi connectivity index (χ1n) is 21.0. The SMILES string of the molecule is C=Cc1cc(S(=O)(=O)NC(=O)c2ccc(N3CCN(CC(=C)C)CC3)cc2)ccc1NC(CCc1ccccc1)CCN1CCN(CCC(C)(C)C(C)(C)C(=O)O)CC1. The number of benzene rings is 3. The molecule has 3 aromatic rings. The molecule has 0 spiro atoms. The summed E-state index contributed by atoms with van der Waals surface area (Å²) in [5.41, 5.74) is 3.97. The fourth-order valence-electron chi connectivity index (χ4n) is 7.73. The molecule has 2 aliphatic rings. The lowest BCUT2D eigenvalue weighted by Crippen LogP contribution is -2.49. The zero-order valence-corrected chi connectivity index (χ0v) is 36.7. The summed E-state index contributed by atoms with van der Waals surface area (Å²) in [5.74, 6) is -1.44. The van der Waals surface area contributed by atoms with Crippen LogP contribution in [0.25, 0.3) is 6.08 Å². The first kappa shape index (κ1) is 45.6. The second-order valence-electron chi connectivity index (χ2n) is 17.6. The molecule has 59 heavy (non-hydrogen) atoms. The van der Waals surface area contributed by atoms with Gasteiger partial charge in [-0.05, 0) is 112 Å². The van der Waals surface area contributed by atoms with Crippen LogP contribution < -0.4 is 14.9 Å². The normalized spacial score (nSPS) is 16.7. The number of hydrogen-bond acceptors (Lipinski definition) is 9. The lowest BCUT2D eigenvalue weighted by Gasteiger charge is -2.41. The summed E-state index contributed by atoms with van der Waals surface area (Å²) < 4.78 is 29.3. The zero-order chi connectivity index (χ0) is 42.8. The number of carbonyl (C=O) groups excluding carboxylic acids is 1. The van der Waals surface area contributed by atoms with Crippen LogP contribution in [-0.4, -0.2) is 118 Å². The number of carboxylic acids is 1. The van der Waals surface area contributed by atoms with Gasteiger partial charge in [0, 0.05) is 88.4 Å². The predicted molar refractivity (Wildman–Crippen MR) is 241 cm³/mol. The zero-order valence-electron chi connectivity index (χ0n) is 35.9. The van der Waals surface area contributed by atoms with E-state index < -0.39 is 27.3 Å². The van der Waals surface area contributed by atoms with Gasteiger partial charge in [0.25, 0.3) is 15.9 Å². The fourth-order valence-corrected chi connectivity index (χ4v) is 8.74. The molecule has 0 bridgehead atoms. The first-order valence-corrected chi connectivity index (χ1v) is 22.5. The first-order chi connectivity index (χ1) is 28.0. The number of nitrogens with zero attached hydrogens (tertiary/aromatic N) is 4. The number of nitrogens with one attached hydrogen (secondary N) is 2. The van der Waals surface area contributed by atoms with Gasteiger partial charge in [-0.1, -0.05) is 69.0 Å². The minimum absolute atomic E-state index is 0.0100. The fraction of sp³-hybridized carbons (Fsp3) is 0.489. The topological polar surface area (TPSA) is 126 Å². The monoisotopic (exact) mass is 826 g/mol. The van der Waals surface area contributed by atoms with Crippen LogP contribution in [0, 0.1) is 10.8 Å². The van der Waals surface area contributed by atoms with Gasteiger partial charge in [0.1, 0.15) is 0 Å². The molecule has 2 saturated heterocycles. The Bertz CT molecular complexity index is 2000. The Balaban J connectivity index is 1.18. The highest BCUT2D eigenvalue weighted by Gasteiger charge is 2.43. The molecule has 0 aromatic heterocycles. The number of aliphatic carboxylic acids is 1. The number of aryl methyl sites for hydroxylation is 1. The van der Waals surface area contributed by atoms with E-state index in [-0.39, 0.29) is 21.9 Å². The Hall–Kier alpha value is -4.49. The number of rotatable bonds is 20. The van der Waals surface area contributed by atoms with Gasteiger partial charge in [0.2, 0.25) is 0 Å². The van der Waals surface area contributed by atoms with Crippen LogP contribution in [0.3, 0.4) is 0 Å². The van der Waals surface area contributed by atoms with Crippen molar-refractivity contribution in [1.29, 1.82) is 0 Å². The molecule has 0 saturated carbocycles. The van der Waals surface area contributed by atoms with E-state index in [2.05, 4.69) is 80.9 Å². The lowest BCUT2D eigenvalue weighted by molar-refractivity contribution is -0.154. The number of amides is 1. The quantitative estimate of drug-likeness (QED) is 0.102. The largest absolute Gasteiger partial charge is 0.481 e. The Morgan fingerprint density at radius 2 is 1.44 bits per heavy atom. The molecule has 1 atom stereocenters. The maximum atomic E-state index is 13.5. The van der Waals surface area contributed by atoms with Crippen molar-refractivity contribution in [3.8, 4) is 0 Å². The molecule has 2 aliphatic heterocycles. The molecule has 2 heterocycles. The minimum Gasteiger partial charge on any atom is -0.481 e. The average Bonchev–Trinajstić information content (AvgIpc) is 3.21. The van der Waals surface area contributed by atoms with E-state index in [1.807, 2.05) is 39.0 Å². The minimum atomic E-state index is -4.17. The van der Waals surface area contributed by atoms with E-state index >= 15 is 0 Å². The van der Waals surface area contributed by atoms with E-state index in [0.29, 0.717) is 5.56 Å². The summed E-state index contributed by atoms with van der Waals surface area (Å²) in [4.78, 5) is 34.7. The van der Waals surface area contributed by atoms with Crippen molar-refractivity contribution >= 4 is 39.4 Å². The average molecular weight is 827 g/mol. The molecule has 1 amide bonds. The van der Waals surface area contributed by atoms with Crippen LogP contribution in [-0.2, 0) is 21.2 Å². The van der Waals surface area contributed by atoms with Crippen molar-refractivity contribution in [3.63, 3.8) is 0 Å². The molecule has 0 aliphatic carbocycles. The summed E-state index contributed by atoms with van der Waals surface area (Å²) in [6.07, 6.45) is 5.13. The summed E-state index contributed by atoms with van der Waals surface area (Å²) >= 11 is 0. The Kier molecular flexibility index (Phi) is 15.6. The molecule has 1 unspecified atom stereocenters. The smallest absolute Gasteiger partial charge is 0.309 e. The van der Waals surface area contributed by atoms with Crippen molar-refractivity contribution in [1.82, 2.24) is 19.4 Å².